The lowest BCUT2D eigenvalue weighted by Crippen LogP contribution is -2.40. The topological polar surface area (TPSA) is 38.8 Å². The van der Waals surface area contributed by atoms with Gasteiger partial charge in [-0.2, -0.15) is 0 Å². The second-order valence-electron chi connectivity index (χ2n) is 3.65. The molecule has 0 aliphatic carbocycles. The summed E-state index contributed by atoms with van der Waals surface area (Å²) in [5, 5.41) is 5.33. The molecule has 1 aliphatic rings. The zero-order valence-electron chi connectivity index (χ0n) is 9.44. The molecule has 0 unspecified atom stereocenters. The molecule has 5 nitrogen and oxygen atoms in total. The number of anilines is 1. The van der Waals surface area contributed by atoms with Crippen LogP contribution in [0.5, 0.6) is 0 Å². The SMILES string of the molecule is CN1NN(C)N(c2cccc(Br)c2CBr)C1=O. The molecule has 0 atom stereocenters. The molecule has 1 aromatic rings. The summed E-state index contributed by atoms with van der Waals surface area (Å²) < 4.78 is 0.975. The maximum Gasteiger partial charge on any atom is 0.355 e. The highest BCUT2D eigenvalue weighted by Crippen LogP contribution is 2.31. The van der Waals surface area contributed by atoms with Crippen molar-refractivity contribution in [3.63, 3.8) is 0 Å². The first-order chi connectivity index (χ1) is 8.06. The highest BCUT2D eigenvalue weighted by atomic mass is 79.9. The van der Waals surface area contributed by atoms with Crippen molar-refractivity contribution in [2.45, 2.75) is 5.33 Å². The van der Waals surface area contributed by atoms with Crippen molar-refractivity contribution in [1.82, 2.24) is 15.7 Å². The first kappa shape index (κ1) is 12.8. The number of nitrogens with zero attached hydrogens (tertiary/aromatic N) is 3. The number of carbonyl (C=O) groups excluding carboxylic acids is 1. The summed E-state index contributed by atoms with van der Waals surface area (Å²) in [5.74, 6) is 0. The summed E-state index contributed by atoms with van der Waals surface area (Å²) >= 11 is 6.93. The van der Waals surface area contributed by atoms with Crippen molar-refractivity contribution in [3.8, 4) is 0 Å². The van der Waals surface area contributed by atoms with E-state index in [1.807, 2.05) is 18.2 Å². The Kier molecular flexibility index (Phi) is 3.72. The summed E-state index contributed by atoms with van der Waals surface area (Å²) in [6.07, 6.45) is 0. The molecular formula is C10H12Br2N4O. The summed E-state index contributed by atoms with van der Waals surface area (Å²) in [6.45, 7) is 0. The Hall–Kier alpha value is -0.630. The van der Waals surface area contributed by atoms with Crippen LogP contribution in [0.25, 0.3) is 0 Å². The van der Waals surface area contributed by atoms with Crippen molar-refractivity contribution < 1.29 is 4.79 Å². The van der Waals surface area contributed by atoms with Gasteiger partial charge in [0.15, 0.2) is 0 Å². The van der Waals surface area contributed by atoms with E-state index in [4.69, 9.17) is 0 Å². The van der Waals surface area contributed by atoms with Crippen molar-refractivity contribution in [1.29, 1.82) is 0 Å². The van der Waals surface area contributed by atoms with Gasteiger partial charge in [0.2, 0.25) is 0 Å². The van der Waals surface area contributed by atoms with Gasteiger partial charge in [0.1, 0.15) is 0 Å². The average molecular weight is 364 g/mol. The summed E-state index contributed by atoms with van der Waals surface area (Å²) in [4.78, 5) is 12.0. The normalized spacial score (nSPS) is 17.1. The molecule has 1 N–H and O–H groups in total. The number of carbonyl (C=O) groups is 1. The minimum atomic E-state index is -0.118. The lowest BCUT2D eigenvalue weighted by Gasteiger charge is -2.23. The molecular weight excluding hydrogens is 352 g/mol. The molecule has 7 heteroatoms. The molecule has 1 aromatic carbocycles. The lowest BCUT2D eigenvalue weighted by molar-refractivity contribution is 0.167. The summed E-state index contributed by atoms with van der Waals surface area (Å²) in [5.41, 5.74) is 4.78. The molecule has 0 spiro atoms. The predicted molar refractivity (Wildman–Crippen MR) is 73.3 cm³/mol. The average Bonchev–Trinajstić information content (AvgIpc) is 2.53. The van der Waals surface area contributed by atoms with Gasteiger partial charge in [-0.1, -0.05) is 37.9 Å². The van der Waals surface area contributed by atoms with Crippen LogP contribution < -0.4 is 10.5 Å². The maximum atomic E-state index is 12.0. The molecule has 1 aliphatic heterocycles. The van der Waals surface area contributed by atoms with Crippen LogP contribution in [0.15, 0.2) is 22.7 Å². The Labute approximate surface area is 117 Å². The zero-order valence-corrected chi connectivity index (χ0v) is 12.6. The van der Waals surface area contributed by atoms with Crippen molar-refractivity contribution >= 4 is 43.6 Å². The number of hydrazine groups is 3. The minimum Gasteiger partial charge on any atom is -0.246 e. The van der Waals surface area contributed by atoms with E-state index in [1.54, 1.807) is 24.2 Å². The minimum absolute atomic E-state index is 0.118. The van der Waals surface area contributed by atoms with Crippen LogP contribution in [-0.2, 0) is 5.33 Å². The molecule has 0 aromatic heterocycles. The Morgan fingerprint density at radius 3 is 2.59 bits per heavy atom. The second-order valence-corrected chi connectivity index (χ2v) is 5.06. The van der Waals surface area contributed by atoms with Crippen LogP contribution in [0.2, 0.25) is 0 Å². The Morgan fingerprint density at radius 2 is 2.06 bits per heavy atom. The predicted octanol–water partition coefficient (Wildman–Crippen LogP) is 2.48. The van der Waals surface area contributed by atoms with Gasteiger partial charge >= 0.3 is 6.03 Å². The van der Waals surface area contributed by atoms with Crippen molar-refractivity contribution in [3.05, 3.63) is 28.2 Å². The highest BCUT2D eigenvalue weighted by Gasteiger charge is 2.33. The molecule has 0 bridgehead atoms. The van der Waals surface area contributed by atoms with E-state index in [9.17, 15) is 4.79 Å². The second kappa shape index (κ2) is 4.93. The Bertz CT molecular complexity index is 454. The molecule has 1 fully saturated rings. The number of hydrogen-bond acceptors (Lipinski definition) is 3. The Balaban J connectivity index is 2.47. The number of hydrogen-bond donors (Lipinski definition) is 1. The number of alkyl halides is 1. The summed E-state index contributed by atoms with van der Waals surface area (Å²) in [7, 11) is 3.48. The molecule has 0 radical (unpaired) electrons. The van der Waals surface area contributed by atoms with Crippen LogP contribution >= 0.6 is 31.9 Å². The fourth-order valence-corrected chi connectivity index (χ4v) is 3.18. The standard InChI is InChI=1S/C10H12Br2N4O/c1-14-10(17)16(15(2)13-14)9-5-3-4-8(12)7(9)6-11/h3-5,13H,6H2,1-2H3. The maximum absolute atomic E-state index is 12.0. The van der Waals surface area contributed by atoms with E-state index in [0.717, 1.165) is 15.7 Å². The highest BCUT2D eigenvalue weighted by molar-refractivity contribution is 9.10. The number of nitrogens with one attached hydrogen (secondary N) is 1. The van der Waals surface area contributed by atoms with Crippen LogP contribution in [0, 0.1) is 0 Å². The van der Waals surface area contributed by atoms with Gasteiger partial charge in [0.05, 0.1) is 5.69 Å². The molecule has 1 heterocycles. The zero-order chi connectivity index (χ0) is 12.6. The van der Waals surface area contributed by atoms with Gasteiger partial charge in [0, 0.05) is 29.5 Å². The number of benzene rings is 1. The third-order valence-corrected chi connectivity index (χ3v) is 3.82. The van der Waals surface area contributed by atoms with Crippen LogP contribution in [0.1, 0.15) is 5.56 Å². The quantitative estimate of drug-likeness (QED) is 0.820. The van der Waals surface area contributed by atoms with Gasteiger partial charge in [-0.15, -0.1) is 10.7 Å². The lowest BCUT2D eigenvalue weighted by atomic mass is 10.2. The molecule has 1 saturated heterocycles. The third kappa shape index (κ3) is 2.20. The smallest absolute Gasteiger partial charge is 0.246 e. The number of urea groups is 1. The van der Waals surface area contributed by atoms with E-state index in [1.165, 1.54) is 5.01 Å². The largest absolute Gasteiger partial charge is 0.355 e. The van der Waals surface area contributed by atoms with Gasteiger partial charge in [-0.05, 0) is 12.1 Å². The molecule has 0 saturated carbocycles. The van der Waals surface area contributed by atoms with Crippen molar-refractivity contribution in [2.24, 2.45) is 0 Å². The van der Waals surface area contributed by atoms with Crippen LogP contribution in [0.4, 0.5) is 10.5 Å². The number of rotatable bonds is 2. The number of amides is 2. The fraction of sp³-hybridized carbons (Fsp3) is 0.300. The van der Waals surface area contributed by atoms with Gasteiger partial charge < -0.3 is 0 Å². The van der Waals surface area contributed by atoms with E-state index in [0.29, 0.717) is 5.33 Å². The monoisotopic (exact) mass is 362 g/mol. The summed E-state index contributed by atoms with van der Waals surface area (Å²) in [6, 6.07) is 5.66. The fourth-order valence-electron chi connectivity index (χ4n) is 1.72. The van der Waals surface area contributed by atoms with Gasteiger partial charge in [0.25, 0.3) is 0 Å². The van der Waals surface area contributed by atoms with Crippen molar-refractivity contribution in [2.75, 3.05) is 19.1 Å². The van der Waals surface area contributed by atoms with Gasteiger partial charge in [-0.25, -0.2) is 14.8 Å². The molecule has 2 rings (SSSR count). The Morgan fingerprint density at radius 1 is 1.35 bits per heavy atom. The van der Waals surface area contributed by atoms with Crippen LogP contribution in [-0.4, -0.2) is 30.3 Å². The van der Waals surface area contributed by atoms with Crippen LogP contribution in [0.3, 0.4) is 0 Å². The number of halogens is 2. The molecule has 92 valence electrons. The van der Waals surface area contributed by atoms with Gasteiger partial charge in [-0.3, -0.25) is 0 Å². The molecule has 17 heavy (non-hydrogen) atoms. The first-order valence-corrected chi connectivity index (χ1v) is 6.88. The van der Waals surface area contributed by atoms with E-state index in [-0.39, 0.29) is 6.03 Å². The van der Waals surface area contributed by atoms with E-state index >= 15 is 0 Å². The first-order valence-electron chi connectivity index (χ1n) is 4.97. The molecule has 2 amide bonds. The third-order valence-electron chi connectivity index (χ3n) is 2.52. The van der Waals surface area contributed by atoms with E-state index < -0.39 is 0 Å². The van der Waals surface area contributed by atoms with E-state index in [2.05, 4.69) is 37.4 Å².